The molecule has 0 unspecified atom stereocenters. The summed E-state index contributed by atoms with van der Waals surface area (Å²) in [6.45, 7) is 4.61. The molecule has 160 valence electrons. The number of nitrogens with one attached hydrogen (secondary N) is 2. The highest BCUT2D eigenvalue weighted by molar-refractivity contribution is 9.10. The maximum atomic E-state index is 6.04. The zero-order valence-corrected chi connectivity index (χ0v) is 19.1. The molecule has 0 atom stereocenters. The number of H-pyrrole nitrogens is 1. The van der Waals surface area contributed by atoms with E-state index < -0.39 is 0 Å². The standard InChI is InChI=1S/C25H26BrN3O2/c1-2-30-23-14-19(20(26)15-24(23)31-17-18-8-4-3-5-9-18)16-27-13-12-25-28-21-10-6-7-11-22(21)29-25/h3-11,14-15,27H,2,12-13,16-17H2,1H3,(H,28,29). The molecule has 3 aromatic carbocycles. The molecule has 0 saturated carbocycles. The molecule has 0 aliphatic heterocycles. The summed E-state index contributed by atoms with van der Waals surface area (Å²) in [7, 11) is 0. The summed E-state index contributed by atoms with van der Waals surface area (Å²) >= 11 is 3.68. The Morgan fingerprint density at radius 3 is 2.55 bits per heavy atom. The van der Waals surface area contributed by atoms with Crippen LogP contribution in [0.3, 0.4) is 0 Å². The molecule has 31 heavy (non-hydrogen) atoms. The maximum absolute atomic E-state index is 6.04. The molecule has 4 rings (SSSR count). The first kappa shape index (κ1) is 21.4. The Hall–Kier alpha value is -2.83. The molecule has 1 aromatic heterocycles. The summed E-state index contributed by atoms with van der Waals surface area (Å²) in [6.07, 6.45) is 0.836. The summed E-state index contributed by atoms with van der Waals surface area (Å²) in [4.78, 5) is 8.00. The second kappa shape index (κ2) is 10.5. The SMILES string of the molecule is CCOc1cc(CNCCc2nc3ccccc3[nH]2)c(Br)cc1OCc1ccccc1. The van der Waals surface area contributed by atoms with Crippen molar-refractivity contribution in [2.24, 2.45) is 0 Å². The van der Waals surface area contributed by atoms with Gasteiger partial charge in [-0.05, 0) is 42.3 Å². The quantitative estimate of drug-likeness (QED) is 0.289. The molecule has 0 saturated heterocycles. The van der Waals surface area contributed by atoms with Crippen molar-refractivity contribution in [3.05, 3.63) is 88.2 Å². The van der Waals surface area contributed by atoms with Crippen LogP contribution in [0.5, 0.6) is 11.5 Å². The highest BCUT2D eigenvalue weighted by Gasteiger charge is 2.11. The summed E-state index contributed by atoms with van der Waals surface area (Å²) in [5.41, 5.74) is 4.33. The normalized spacial score (nSPS) is 11.0. The summed E-state index contributed by atoms with van der Waals surface area (Å²) in [5.74, 6) is 2.49. The van der Waals surface area contributed by atoms with Gasteiger partial charge in [0.2, 0.25) is 0 Å². The minimum absolute atomic E-state index is 0.502. The van der Waals surface area contributed by atoms with Crippen LogP contribution in [0.25, 0.3) is 11.0 Å². The van der Waals surface area contributed by atoms with Crippen molar-refractivity contribution in [2.75, 3.05) is 13.2 Å². The van der Waals surface area contributed by atoms with E-state index >= 15 is 0 Å². The molecular formula is C25H26BrN3O2. The first-order chi connectivity index (χ1) is 15.2. The number of hydrogen-bond acceptors (Lipinski definition) is 4. The average molecular weight is 480 g/mol. The fourth-order valence-electron chi connectivity index (χ4n) is 3.38. The molecule has 4 aromatic rings. The zero-order chi connectivity index (χ0) is 21.5. The van der Waals surface area contributed by atoms with E-state index in [1.807, 2.05) is 61.5 Å². The third-order valence-corrected chi connectivity index (χ3v) is 5.68. The van der Waals surface area contributed by atoms with Crippen LogP contribution >= 0.6 is 15.9 Å². The lowest BCUT2D eigenvalue weighted by atomic mass is 10.2. The van der Waals surface area contributed by atoms with Crippen molar-refractivity contribution in [2.45, 2.75) is 26.5 Å². The lowest BCUT2D eigenvalue weighted by Crippen LogP contribution is -2.17. The number of nitrogens with zero attached hydrogens (tertiary/aromatic N) is 1. The number of hydrogen-bond donors (Lipinski definition) is 2. The Bertz CT molecular complexity index is 1100. The van der Waals surface area contributed by atoms with E-state index in [0.717, 1.165) is 63.5 Å². The number of imidazole rings is 1. The van der Waals surface area contributed by atoms with Gasteiger partial charge in [-0.3, -0.25) is 0 Å². The van der Waals surface area contributed by atoms with Crippen LogP contribution in [0.4, 0.5) is 0 Å². The van der Waals surface area contributed by atoms with E-state index in [2.05, 4.69) is 43.3 Å². The second-order valence-corrected chi connectivity index (χ2v) is 8.08. The first-order valence-corrected chi connectivity index (χ1v) is 11.3. The van der Waals surface area contributed by atoms with Gasteiger partial charge in [0.15, 0.2) is 11.5 Å². The van der Waals surface area contributed by atoms with E-state index in [9.17, 15) is 0 Å². The van der Waals surface area contributed by atoms with E-state index in [4.69, 9.17) is 9.47 Å². The third kappa shape index (κ3) is 5.66. The topological polar surface area (TPSA) is 59.2 Å². The van der Waals surface area contributed by atoms with Crippen LogP contribution < -0.4 is 14.8 Å². The van der Waals surface area contributed by atoms with Gasteiger partial charge in [0.25, 0.3) is 0 Å². The second-order valence-electron chi connectivity index (χ2n) is 7.23. The molecule has 0 aliphatic rings. The van der Waals surface area contributed by atoms with E-state index in [-0.39, 0.29) is 0 Å². The van der Waals surface area contributed by atoms with Gasteiger partial charge in [0, 0.05) is 24.0 Å². The maximum Gasteiger partial charge on any atom is 0.162 e. The van der Waals surface area contributed by atoms with Crippen LogP contribution in [-0.4, -0.2) is 23.1 Å². The van der Waals surface area contributed by atoms with Gasteiger partial charge in [-0.2, -0.15) is 0 Å². The van der Waals surface area contributed by atoms with Gasteiger partial charge >= 0.3 is 0 Å². The number of halogens is 1. The van der Waals surface area contributed by atoms with Crippen molar-refractivity contribution in [1.29, 1.82) is 0 Å². The van der Waals surface area contributed by atoms with Crippen LogP contribution in [0.15, 0.2) is 71.2 Å². The van der Waals surface area contributed by atoms with Crippen molar-refractivity contribution in [1.82, 2.24) is 15.3 Å². The number of para-hydroxylation sites is 2. The molecule has 0 fully saturated rings. The Balaban J connectivity index is 1.36. The predicted molar refractivity (Wildman–Crippen MR) is 128 cm³/mol. The van der Waals surface area contributed by atoms with E-state index in [1.165, 1.54) is 0 Å². The minimum Gasteiger partial charge on any atom is -0.490 e. The molecule has 6 heteroatoms. The van der Waals surface area contributed by atoms with Crippen LogP contribution in [0, 0.1) is 0 Å². The molecule has 0 bridgehead atoms. The third-order valence-electron chi connectivity index (χ3n) is 4.94. The summed E-state index contributed by atoms with van der Waals surface area (Å²) in [6, 6.07) is 22.3. The van der Waals surface area contributed by atoms with Crippen molar-refractivity contribution in [3.8, 4) is 11.5 Å². The smallest absolute Gasteiger partial charge is 0.162 e. The fourth-order valence-corrected chi connectivity index (χ4v) is 3.85. The lowest BCUT2D eigenvalue weighted by Gasteiger charge is -2.15. The van der Waals surface area contributed by atoms with Crippen LogP contribution in [-0.2, 0) is 19.6 Å². The highest BCUT2D eigenvalue weighted by Crippen LogP contribution is 2.34. The van der Waals surface area contributed by atoms with Crippen LogP contribution in [0.2, 0.25) is 0 Å². The fraction of sp³-hybridized carbons (Fsp3) is 0.240. The number of rotatable bonds is 10. The van der Waals surface area contributed by atoms with Gasteiger partial charge in [0.1, 0.15) is 12.4 Å². The van der Waals surface area contributed by atoms with Crippen molar-refractivity contribution < 1.29 is 9.47 Å². The number of aromatic amines is 1. The molecule has 0 radical (unpaired) electrons. The number of fused-ring (bicyclic) bond motifs is 1. The van der Waals surface area contributed by atoms with Crippen molar-refractivity contribution >= 4 is 27.0 Å². The molecular weight excluding hydrogens is 454 g/mol. The highest BCUT2D eigenvalue weighted by atomic mass is 79.9. The predicted octanol–water partition coefficient (Wildman–Crippen LogP) is 5.64. The van der Waals surface area contributed by atoms with Gasteiger partial charge < -0.3 is 19.8 Å². The summed E-state index contributed by atoms with van der Waals surface area (Å²) in [5, 5.41) is 3.50. The van der Waals surface area contributed by atoms with E-state index in [1.54, 1.807) is 0 Å². The van der Waals surface area contributed by atoms with Gasteiger partial charge in [-0.1, -0.05) is 58.4 Å². The lowest BCUT2D eigenvalue weighted by molar-refractivity contribution is 0.269. The molecule has 0 amide bonds. The van der Waals surface area contributed by atoms with Crippen molar-refractivity contribution in [3.63, 3.8) is 0 Å². The van der Waals surface area contributed by atoms with Gasteiger partial charge in [-0.25, -0.2) is 4.98 Å². The first-order valence-electron chi connectivity index (χ1n) is 10.5. The molecule has 0 aliphatic carbocycles. The summed E-state index contributed by atoms with van der Waals surface area (Å²) < 4.78 is 12.9. The Kier molecular flexibility index (Phi) is 7.22. The Labute approximate surface area is 190 Å². The largest absolute Gasteiger partial charge is 0.490 e. The molecule has 5 nitrogen and oxygen atoms in total. The molecule has 0 spiro atoms. The minimum atomic E-state index is 0.502. The number of benzene rings is 3. The molecule has 1 heterocycles. The van der Waals surface area contributed by atoms with Gasteiger partial charge in [0.05, 0.1) is 17.6 Å². The monoisotopic (exact) mass is 479 g/mol. The van der Waals surface area contributed by atoms with E-state index in [0.29, 0.717) is 13.2 Å². The zero-order valence-electron chi connectivity index (χ0n) is 17.5. The Morgan fingerprint density at radius 1 is 0.968 bits per heavy atom. The van der Waals surface area contributed by atoms with Gasteiger partial charge in [-0.15, -0.1) is 0 Å². The average Bonchev–Trinajstić information content (AvgIpc) is 3.21. The number of aromatic nitrogens is 2. The Morgan fingerprint density at radius 2 is 1.74 bits per heavy atom. The molecule has 2 N–H and O–H groups in total. The van der Waals surface area contributed by atoms with Crippen LogP contribution in [0.1, 0.15) is 23.9 Å². The number of ether oxygens (including phenoxy) is 2.